The van der Waals surface area contributed by atoms with Crippen LogP contribution in [-0.4, -0.2) is 37.4 Å². The Morgan fingerprint density at radius 2 is 1.33 bits per heavy atom. The van der Waals surface area contributed by atoms with Crippen molar-refractivity contribution in [3.63, 3.8) is 0 Å². The number of hydrogen-bond donors (Lipinski definition) is 1. The Kier molecular flexibility index (Phi) is 6.51. The van der Waals surface area contributed by atoms with Crippen LogP contribution in [0.5, 0.6) is 5.75 Å². The number of esters is 1. The highest BCUT2D eigenvalue weighted by Gasteiger charge is 2.62. The molecule has 0 unspecified atom stereocenters. The van der Waals surface area contributed by atoms with Gasteiger partial charge in [0, 0.05) is 16.9 Å². The molecule has 1 N–H and O–H groups in total. The number of halogens is 1. The number of carbonyl (C=O) groups excluding carboxylic acids is 4. The van der Waals surface area contributed by atoms with Gasteiger partial charge in [0.15, 0.2) is 6.61 Å². The molecule has 1 fully saturated rings. The van der Waals surface area contributed by atoms with Crippen LogP contribution in [0.2, 0.25) is 5.02 Å². The molecule has 0 spiro atoms. The zero-order valence-electron chi connectivity index (χ0n) is 23.0. The first-order chi connectivity index (χ1) is 20.9. The summed E-state index contributed by atoms with van der Waals surface area (Å²) in [4.78, 5) is 55.4. The molecule has 0 saturated carbocycles. The van der Waals surface area contributed by atoms with Gasteiger partial charge in [-0.2, -0.15) is 0 Å². The monoisotopic (exact) mass is 592 g/mol. The lowest BCUT2D eigenvalue weighted by Gasteiger charge is -2.45. The SMILES string of the molecule is COc1ccc(Cl)cc1NC(=O)COC(=O)c1ccccc1N1C(=O)[C@@H]2C3c4ccccc4C(c4ccccc43)[C@H]2C1=O. The van der Waals surface area contributed by atoms with Crippen LogP contribution in [0.3, 0.4) is 0 Å². The fourth-order valence-electron chi connectivity index (χ4n) is 6.93. The summed E-state index contributed by atoms with van der Waals surface area (Å²) in [6, 6.07) is 27.0. The van der Waals surface area contributed by atoms with Crippen molar-refractivity contribution >= 4 is 46.7 Å². The summed E-state index contributed by atoms with van der Waals surface area (Å²) in [6.45, 7) is -0.606. The van der Waals surface area contributed by atoms with Gasteiger partial charge >= 0.3 is 5.97 Å². The van der Waals surface area contributed by atoms with Crippen molar-refractivity contribution < 1.29 is 28.7 Å². The first-order valence-electron chi connectivity index (χ1n) is 13.8. The van der Waals surface area contributed by atoms with Crippen LogP contribution in [-0.2, 0) is 19.1 Å². The first-order valence-corrected chi connectivity index (χ1v) is 14.2. The van der Waals surface area contributed by atoms with Crippen LogP contribution in [0.25, 0.3) is 0 Å². The largest absolute Gasteiger partial charge is 0.495 e. The number of hydrogen-bond acceptors (Lipinski definition) is 6. The molecule has 0 radical (unpaired) electrons. The third-order valence-corrected chi connectivity index (χ3v) is 8.82. The fraction of sp³-hybridized carbons (Fsp3) is 0.176. The number of benzene rings is 4. The number of nitrogens with one attached hydrogen (secondary N) is 1. The van der Waals surface area contributed by atoms with Gasteiger partial charge in [-0.3, -0.25) is 14.4 Å². The molecule has 214 valence electrons. The van der Waals surface area contributed by atoms with Crippen LogP contribution in [0.4, 0.5) is 11.4 Å². The smallest absolute Gasteiger partial charge is 0.340 e. The van der Waals surface area contributed by atoms with Gasteiger partial charge in [0.1, 0.15) is 5.75 Å². The Balaban J connectivity index is 1.16. The Bertz CT molecular complexity index is 1720. The van der Waals surface area contributed by atoms with Crippen molar-refractivity contribution in [1.29, 1.82) is 0 Å². The van der Waals surface area contributed by atoms with E-state index in [1.54, 1.807) is 30.3 Å². The van der Waals surface area contributed by atoms with Gasteiger partial charge < -0.3 is 14.8 Å². The predicted octanol–water partition coefficient (Wildman–Crippen LogP) is 5.54. The van der Waals surface area contributed by atoms with Gasteiger partial charge in [0.25, 0.3) is 5.91 Å². The number of carbonyl (C=O) groups is 4. The fourth-order valence-corrected chi connectivity index (χ4v) is 7.10. The molecule has 4 aliphatic rings. The van der Waals surface area contributed by atoms with Crippen LogP contribution in [0.15, 0.2) is 91.0 Å². The minimum Gasteiger partial charge on any atom is -0.495 e. The second kappa shape index (κ2) is 10.4. The zero-order valence-corrected chi connectivity index (χ0v) is 23.7. The lowest BCUT2D eigenvalue weighted by molar-refractivity contribution is -0.122. The summed E-state index contributed by atoms with van der Waals surface area (Å²) in [7, 11) is 1.45. The molecule has 8 nitrogen and oxygen atoms in total. The molecule has 43 heavy (non-hydrogen) atoms. The predicted molar refractivity (Wildman–Crippen MR) is 159 cm³/mol. The van der Waals surface area contributed by atoms with E-state index in [1.165, 1.54) is 19.2 Å². The number of ether oxygens (including phenoxy) is 2. The maximum absolute atomic E-state index is 14.2. The third kappa shape index (κ3) is 4.20. The summed E-state index contributed by atoms with van der Waals surface area (Å²) in [5.41, 5.74) is 4.72. The summed E-state index contributed by atoms with van der Waals surface area (Å²) in [6.07, 6.45) is 0. The van der Waals surface area contributed by atoms with Gasteiger partial charge in [-0.1, -0.05) is 72.3 Å². The molecule has 1 aliphatic heterocycles. The topological polar surface area (TPSA) is 102 Å². The zero-order chi connectivity index (χ0) is 29.8. The molecule has 3 amide bonds. The van der Waals surface area contributed by atoms with E-state index in [9.17, 15) is 19.2 Å². The van der Waals surface area contributed by atoms with Crippen LogP contribution in [0, 0.1) is 11.8 Å². The molecular weight excluding hydrogens is 568 g/mol. The second-order valence-electron chi connectivity index (χ2n) is 10.8. The number of nitrogens with zero attached hydrogens (tertiary/aromatic N) is 1. The highest BCUT2D eigenvalue weighted by Crippen LogP contribution is 2.61. The van der Waals surface area contributed by atoms with Gasteiger partial charge in [0.2, 0.25) is 11.8 Å². The first kappa shape index (κ1) is 26.9. The van der Waals surface area contributed by atoms with Gasteiger partial charge in [-0.15, -0.1) is 0 Å². The molecule has 1 heterocycles. The molecule has 8 rings (SSSR count). The van der Waals surface area contributed by atoms with Gasteiger partial charge in [0.05, 0.1) is 35.9 Å². The molecule has 1 saturated heterocycles. The molecule has 4 aromatic carbocycles. The number of rotatable bonds is 6. The molecule has 0 aromatic heterocycles. The Labute approximate surface area is 252 Å². The lowest BCUT2D eigenvalue weighted by atomic mass is 9.55. The second-order valence-corrected chi connectivity index (χ2v) is 11.2. The number of imide groups is 1. The molecule has 2 bridgehead atoms. The highest BCUT2D eigenvalue weighted by atomic mass is 35.5. The summed E-state index contributed by atoms with van der Waals surface area (Å²) < 4.78 is 10.6. The number of methoxy groups -OCH3 is 1. The van der Waals surface area contributed by atoms with Crippen molar-refractivity contribution in [3.8, 4) is 5.75 Å². The van der Waals surface area contributed by atoms with Crippen molar-refractivity contribution in [2.75, 3.05) is 23.9 Å². The van der Waals surface area contributed by atoms with Crippen LogP contribution in [0.1, 0.15) is 44.4 Å². The van der Waals surface area contributed by atoms with E-state index in [-0.39, 0.29) is 34.9 Å². The highest BCUT2D eigenvalue weighted by molar-refractivity contribution is 6.31. The molecule has 9 heteroatoms. The normalized spacial score (nSPS) is 21.1. The van der Waals surface area contributed by atoms with E-state index in [0.29, 0.717) is 16.5 Å². The number of amides is 3. The quantitative estimate of drug-likeness (QED) is 0.233. The van der Waals surface area contributed by atoms with E-state index in [4.69, 9.17) is 21.1 Å². The molecular formula is C34H25ClN2O6. The summed E-state index contributed by atoms with van der Waals surface area (Å²) in [5.74, 6) is -3.48. The van der Waals surface area contributed by atoms with Crippen molar-refractivity contribution in [1.82, 2.24) is 0 Å². The summed E-state index contributed by atoms with van der Waals surface area (Å²) in [5, 5.41) is 3.01. The van der Waals surface area contributed by atoms with Crippen molar-refractivity contribution in [2.45, 2.75) is 11.8 Å². The van der Waals surface area contributed by atoms with Crippen molar-refractivity contribution in [3.05, 3.63) is 124 Å². The minimum absolute atomic E-state index is 0.0124. The van der Waals surface area contributed by atoms with E-state index < -0.39 is 30.3 Å². The Morgan fingerprint density at radius 3 is 1.88 bits per heavy atom. The Hall–Kier alpha value is -4.95. The van der Waals surface area contributed by atoms with Crippen LogP contribution < -0.4 is 15.0 Å². The molecule has 2 atom stereocenters. The van der Waals surface area contributed by atoms with Crippen LogP contribution >= 0.6 is 11.6 Å². The maximum Gasteiger partial charge on any atom is 0.340 e. The average molecular weight is 593 g/mol. The lowest BCUT2D eigenvalue weighted by Crippen LogP contribution is -2.41. The van der Waals surface area contributed by atoms with Gasteiger partial charge in [-0.25, -0.2) is 9.69 Å². The Morgan fingerprint density at radius 1 is 0.791 bits per heavy atom. The van der Waals surface area contributed by atoms with E-state index in [0.717, 1.165) is 27.2 Å². The van der Waals surface area contributed by atoms with E-state index >= 15 is 0 Å². The van der Waals surface area contributed by atoms with Crippen molar-refractivity contribution in [2.24, 2.45) is 11.8 Å². The number of anilines is 2. The number of para-hydroxylation sites is 1. The van der Waals surface area contributed by atoms with E-state index in [1.807, 2.05) is 48.5 Å². The maximum atomic E-state index is 14.2. The third-order valence-electron chi connectivity index (χ3n) is 8.58. The van der Waals surface area contributed by atoms with Gasteiger partial charge in [-0.05, 0) is 52.6 Å². The molecule has 4 aromatic rings. The summed E-state index contributed by atoms with van der Waals surface area (Å²) >= 11 is 6.04. The van der Waals surface area contributed by atoms with E-state index in [2.05, 4.69) is 5.32 Å². The minimum atomic E-state index is -0.839. The molecule has 3 aliphatic carbocycles. The standard InChI is InChI=1S/C34H25ClN2O6/c1-42-26-15-14-18(35)16-24(26)36-27(38)17-43-34(41)23-12-6-7-13-25(23)37-32(39)30-28-19-8-2-3-9-20(19)29(31(30)33(37)40)22-11-5-4-10-21(22)28/h2-16,28-31H,17H2,1H3,(H,36,38)/t28?,29?,30-,31-/m1/s1. The average Bonchev–Trinajstić information content (AvgIpc) is 3.29.